The number of amides is 1. The highest BCUT2D eigenvalue weighted by Crippen LogP contribution is 2.22. The molecule has 1 amide bonds. The number of aryl methyl sites for hydroxylation is 1. The molecule has 4 nitrogen and oxygen atoms in total. The third-order valence-electron chi connectivity index (χ3n) is 2.95. The first-order chi connectivity index (χ1) is 9.63. The molecule has 0 aliphatic carbocycles. The molecule has 0 bridgehead atoms. The second-order valence-corrected chi connectivity index (χ2v) is 4.39. The lowest BCUT2D eigenvalue weighted by atomic mass is 10.1. The van der Waals surface area contributed by atoms with E-state index in [9.17, 15) is 4.79 Å². The predicted molar refractivity (Wildman–Crippen MR) is 78.7 cm³/mol. The fourth-order valence-electron chi connectivity index (χ4n) is 1.87. The lowest BCUT2D eigenvalue weighted by molar-refractivity contribution is 0.102. The van der Waals surface area contributed by atoms with Crippen LogP contribution in [0.3, 0.4) is 0 Å². The molecule has 0 heterocycles. The van der Waals surface area contributed by atoms with E-state index in [2.05, 4.69) is 5.32 Å². The van der Waals surface area contributed by atoms with E-state index in [0.29, 0.717) is 17.0 Å². The Labute approximate surface area is 118 Å². The average Bonchev–Trinajstić information content (AvgIpc) is 2.48. The van der Waals surface area contributed by atoms with Crippen LogP contribution in [0.1, 0.15) is 15.9 Å². The third-order valence-corrected chi connectivity index (χ3v) is 2.95. The number of rotatable bonds is 4. The fourth-order valence-corrected chi connectivity index (χ4v) is 1.87. The second kappa shape index (κ2) is 6.10. The van der Waals surface area contributed by atoms with Crippen molar-refractivity contribution in [3.8, 4) is 11.5 Å². The summed E-state index contributed by atoms with van der Waals surface area (Å²) in [6, 6.07) is 12.7. The molecule has 0 aromatic heterocycles. The van der Waals surface area contributed by atoms with Gasteiger partial charge in [-0.15, -0.1) is 0 Å². The van der Waals surface area contributed by atoms with E-state index in [-0.39, 0.29) is 5.91 Å². The Bertz CT molecular complexity index is 606. The zero-order valence-electron chi connectivity index (χ0n) is 11.8. The van der Waals surface area contributed by atoms with Gasteiger partial charge in [0, 0.05) is 5.69 Å². The summed E-state index contributed by atoms with van der Waals surface area (Å²) in [5.74, 6) is 1.11. The lowest BCUT2D eigenvalue weighted by Crippen LogP contribution is -2.13. The summed E-state index contributed by atoms with van der Waals surface area (Å²) in [6.45, 7) is 1.93. The summed E-state index contributed by atoms with van der Waals surface area (Å²) < 4.78 is 10.3. The monoisotopic (exact) mass is 271 g/mol. The van der Waals surface area contributed by atoms with Crippen LogP contribution < -0.4 is 14.8 Å². The first-order valence-electron chi connectivity index (χ1n) is 6.24. The zero-order valence-corrected chi connectivity index (χ0v) is 11.8. The van der Waals surface area contributed by atoms with Crippen molar-refractivity contribution in [3.05, 3.63) is 53.6 Å². The zero-order chi connectivity index (χ0) is 14.5. The number of anilines is 1. The second-order valence-electron chi connectivity index (χ2n) is 4.39. The molecule has 1 N–H and O–H groups in total. The van der Waals surface area contributed by atoms with Gasteiger partial charge in [-0.05, 0) is 43.3 Å². The minimum Gasteiger partial charge on any atom is -0.497 e. The van der Waals surface area contributed by atoms with Crippen LogP contribution in [0.4, 0.5) is 5.69 Å². The summed E-state index contributed by atoms with van der Waals surface area (Å²) >= 11 is 0. The Balaban J connectivity index is 2.20. The Kier molecular flexibility index (Phi) is 4.25. The van der Waals surface area contributed by atoms with Crippen LogP contribution in [-0.2, 0) is 0 Å². The van der Waals surface area contributed by atoms with Gasteiger partial charge >= 0.3 is 0 Å². The van der Waals surface area contributed by atoms with Gasteiger partial charge in [0.1, 0.15) is 11.5 Å². The molecular formula is C16H17NO3. The molecule has 0 aliphatic rings. The summed E-state index contributed by atoms with van der Waals surface area (Å²) in [5.41, 5.74) is 2.23. The molecule has 2 aromatic rings. The van der Waals surface area contributed by atoms with Gasteiger partial charge < -0.3 is 14.8 Å². The predicted octanol–water partition coefficient (Wildman–Crippen LogP) is 3.26. The number of methoxy groups -OCH3 is 2. The molecule has 4 heteroatoms. The number of ether oxygens (including phenoxy) is 2. The largest absolute Gasteiger partial charge is 0.497 e. The van der Waals surface area contributed by atoms with Crippen LogP contribution in [0.15, 0.2) is 42.5 Å². The number of carbonyl (C=O) groups is 1. The topological polar surface area (TPSA) is 47.6 Å². The number of benzene rings is 2. The van der Waals surface area contributed by atoms with Gasteiger partial charge in [0.2, 0.25) is 0 Å². The van der Waals surface area contributed by atoms with Gasteiger partial charge in [-0.3, -0.25) is 4.79 Å². The highest BCUT2D eigenvalue weighted by atomic mass is 16.5. The molecule has 104 valence electrons. The number of carbonyl (C=O) groups excluding carboxylic acids is 1. The van der Waals surface area contributed by atoms with Crippen LogP contribution in [-0.4, -0.2) is 20.1 Å². The standard InChI is InChI=1S/C16H17NO3/c1-11-4-9-15(20-3)14(10-11)16(18)17-12-5-7-13(19-2)8-6-12/h4-10H,1-3H3,(H,17,18). The van der Waals surface area contributed by atoms with Crippen LogP contribution in [0, 0.1) is 6.92 Å². The maximum absolute atomic E-state index is 12.3. The van der Waals surface area contributed by atoms with Crippen molar-refractivity contribution in [2.75, 3.05) is 19.5 Å². The molecule has 0 spiro atoms. The quantitative estimate of drug-likeness (QED) is 0.928. The third kappa shape index (κ3) is 3.09. The van der Waals surface area contributed by atoms with E-state index in [4.69, 9.17) is 9.47 Å². The normalized spacial score (nSPS) is 9.95. The minimum atomic E-state index is -0.198. The fraction of sp³-hybridized carbons (Fsp3) is 0.188. The molecule has 20 heavy (non-hydrogen) atoms. The molecule has 0 fully saturated rings. The van der Waals surface area contributed by atoms with E-state index >= 15 is 0 Å². The average molecular weight is 271 g/mol. The van der Waals surface area contributed by atoms with E-state index in [1.165, 1.54) is 0 Å². The van der Waals surface area contributed by atoms with Crippen molar-refractivity contribution in [1.29, 1.82) is 0 Å². The van der Waals surface area contributed by atoms with Crippen molar-refractivity contribution < 1.29 is 14.3 Å². The van der Waals surface area contributed by atoms with Gasteiger partial charge in [-0.25, -0.2) is 0 Å². The molecule has 0 aliphatic heterocycles. The van der Waals surface area contributed by atoms with Gasteiger partial charge in [-0.2, -0.15) is 0 Å². The van der Waals surface area contributed by atoms with Crippen molar-refractivity contribution in [3.63, 3.8) is 0 Å². The Morgan fingerprint density at radius 1 is 1.00 bits per heavy atom. The van der Waals surface area contributed by atoms with Crippen LogP contribution in [0.2, 0.25) is 0 Å². The number of hydrogen-bond acceptors (Lipinski definition) is 3. The van der Waals surface area contributed by atoms with Gasteiger partial charge in [0.05, 0.1) is 19.8 Å². The number of hydrogen-bond donors (Lipinski definition) is 1. The molecule has 2 aromatic carbocycles. The maximum atomic E-state index is 12.3. The first-order valence-corrected chi connectivity index (χ1v) is 6.24. The van der Waals surface area contributed by atoms with Crippen molar-refractivity contribution in [2.45, 2.75) is 6.92 Å². The van der Waals surface area contributed by atoms with Crippen LogP contribution in [0.5, 0.6) is 11.5 Å². The van der Waals surface area contributed by atoms with Gasteiger partial charge in [0.25, 0.3) is 5.91 Å². The molecule has 0 atom stereocenters. The van der Waals surface area contributed by atoms with E-state index < -0.39 is 0 Å². The van der Waals surface area contributed by atoms with Crippen molar-refractivity contribution in [2.24, 2.45) is 0 Å². The molecule has 0 saturated heterocycles. The Hall–Kier alpha value is -2.49. The lowest BCUT2D eigenvalue weighted by Gasteiger charge is -2.10. The van der Waals surface area contributed by atoms with Gasteiger partial charge in [0.15, 0.2) is 0 Å². The summed E-state index contributed by atoms with van der Waals surface area (Å²) in [5, 5.41) is 2.84. The van der Waals surface area contributed by atoms with Crippen molar-refractivity contribution >= 4 is 11.6 Å². The molecule has 0 unspecified atom stereocenters. The number of nitrogens with one attached hydrogen (secondary N) is 1. The molecular weight excluding hydrogens is 254 g/mol. The Morgan fingerprint density at radius 3 is 2.30 bits per heavy atom. The SMILES string of the molecule is COc1ccc(NC(=O)c2cc(C)ccc2OC)cc1. The van der Waals surface area contributed by atoms with Crippen LogP contribution in [0.25, 0.3) is 0 Å². The van der Waals surface area contributed by atoms with Crippen LogP contribution >= 0.6 is 0 Å². The smallest absolute Gasteiger partial charge is 0.259 e. The highest BCUT2D eigenvalue weighted by Gasteiger charge is 2.12. The first kappa shape index (κ1) is 13.9. The molecule has 0 radical (unpaired) electrons. The molecule has 0 saturated carbocycles. The highest BCUT2D eigenvalue weighted by molar-refractivity contribution is 6.06. The minimum absolute atomic E-state index is 0.198. The summed E-state index contributed by atoms with van der Waals surface area (Å²) in [7, 11) is 3.15. The van der Waals surface area contributed by atoms with Gasteiger partial charge in [-0.1, -0.05) is 11.6 Å². The van der Waals surface area contributed by atoms with E-state index in [1.807, 2.05) is 13.0 Å². The summed E-state index contributed by atoms with van der Waals surface area (Å²) in [4.78, 5) is 12.3. The van der Waals surface area contributed by atoms with E-state index in [0.717, 1.165) is 11.3 Å². The maximum Gasteiger partial charge on any atom is 0.259 e. The van der Waals surface area contributed by atoms with Crippen molar-refractivity contribution in [1.82, 2.24) is 0 Å². The Morgan fingerprint density at radius 2 is 1.70 bits per heavy atom. The van der Waals surface area contributed by atoms with E-state index in [1.54, 1.807) is 50.6 Å². The molecule has 2 rings (SSSR count). The summed E-state index contributed by atoms with van der Waals surface area (Å²) in [6.07, 6.45) is 0.